The van der Waals surface area contributed by atoms with Crippen molar-refractivity contribution in [2.24, 2.45) is 0 Å². The highest BCUT2D eigenvalue weighted by atomic mass is 19.4. The molecule has 2 aromatic rings. The molecule has 122 valence electrons. The number of alkyl halides is 3. The Hall–Kier alpha value is -2.24. The number of pyridine rings is 1. The second-order valence-corrected chi connectivity index (χ2v) is 6.49. The first-order valence-corrected chi connectivity index (χ1v) is 7.25. The zero-order chi connectivity index (χ0) is 17.2. The van der Waals surface area contributed by atoms with Gasteiger partial charge in [-0.25, -0.2) is 0 Å². The van der Waals surface area contributed by atoms with Crippen molar-refractivity contribution in [2.45, 2.75) is 39.4 Å². The van der Waals surface area contributed by atoms with Gasteiger partial charge in [0.05, 0.1) is 16.6 Å². The predicted molar refractivity (Wildman–Crippen MR) is 85.5 cm³/mol. The predicted octanol–water partition coefficient (Wildman–Crippen LogP) is 4.54. The van der Waals surface area contributed by atoms with Crippen molar-refractivity contribution in [1.29, 1.82) is 0 Å². The molecule has 1 aromatic heterocycles. The van der Waals surface area contributed by atoms with Crippen LogP contribution in [-0.4, -0.2) is 10.5 Å². The van der Waals surface area contributed by atoms with Crippen LogP contribution in [0.15, 0.2) is 28.6 Å². The lowest BCUT2D eigenvalue weighted by Crippen LogP contribution is -2.35. The third kappa shape index (κ3) is 2.42. The molecule has 0 bridgehead atoms. The first-order chi connectivity index (χ1) is 10.5. The van der Waals surface area contributed by atoms with E-state index in [2.05, 4.69) is 10.3 Å². The first-order valence-electron chi connectivity index (χ1n) is 7.25. The molecule has 3 nitrogen and oxygen atoms in total. The second-order valence-electron chi connectivity index (χ2n) is 6.49. The van der Waals surface area contributed by atoms with Gasteiger partial charge in [0, 0.05) is 22.7 Å². The molecule has 0 aliphatic carbocycles. The quantitative estimate of drug-likeness (QED) is 0.747. The lowest BCUT2D eigenvalue weighted by molar-refractivity contribution is -0.136. The van der Waals surface area contributed by atoms with Gasteiger partial charge in [-0.1, -0.05) is 0 Å². The Morgan fingerprint density at radius 1 is 1.09 bits per heavy atom. The third-order valence-electron chi connectivity index (χ3n) is 4.64. The summed E-state index contributed by atoms with van der Waals surface area (Å²) in [7, 11) is 0. The van der Waals surface area contributed by atoms with Gasteiger partial charge in [0.1, 0.15) is 0 Å². The fourth-order valence-electron chi connectivity index (χ4n) is 3.05. The van der Waals surface area contributed by atoms with Gasteiger partial charge in [0.15, 0.2) is 0 Å². The number of nitrogens with one attached hydrogen (secondary N) is 2. The van der Waals surface area contributed by atoms with Gasteiger partial charge in [-0.2, -0.15) is 13.2 Å². The van der Waals surface area contributed by atoms with E-state index in [1.54, 1.807) is 6.07 Å². The first kappa shape index (κ1) is 15.6. The number of H-pyrrole nitrogens is 1. The Balaban J connectivity index is 2.40. The molecule has 0 radical (unpaired) electrons. The van der Waals surface area contributed by atoms with Crippen LogP contribution in [0.5, 0.6) is 0 Å². The maximum atomic E-state index is 13.2. The minimum Gasteiger partial charge on any atom is -0.376 e. The zero-order valence-corrected chi connectivity index (χ0v) is 13.3. The van der Waals surface area contributed by atoms with E-state index in [-0.39, 0.29) is 16.4 Å². The lowest BCUT2D eigenvalue weighted by Gasteiger charge is -2.36. The molecule has 1 aliphatic rings. The number of aromatic amines is 1. The normalized spacial score (nSPS) is 17.2. The largest absolute Gasteiger partial charge is 0.417 e. The fraction of sp³-hybridized carbons (Fsp3) is 0.353. The van der Waals surface area contributed by atoms with Crippen molar-refractivity contribution in [3.8, 4) is 0 Å². The van der Waals surface area contributed by atoms with E-state index in [1.807, 2.05) is 27.7 Å². The van der Waals surface area contributed by atoms with Crippen LogP contribution >= 0.6 is 0 Å². The number of aromatic nitrogens is 1. The zero-order valence-electron chi connectivity index (χ0n) is 13.3. The van der Waals surface area contributed by atoms with Gasteiger partial charge in [-0.05, 0) is 51.0 Å². The smallest absolute Gasteiger partial charge is 0.376 e. The van der Waals surface area contributed by atoms with Crippen LogP contribution in [0.1, 0.15) is 38.8 Å². The summed E-state index contributed by atoms with van der Waals surface area (Å²) >= 11 is 0. The average molecular weight is 322 g/mol. The van der Waals surface area contributed by atoms with Gasteiger partial charge >= 0.3 is 6.18 Å². The molecule has 2 N–H and O–H groups in total. The van der Waals surface area contributed by atoms with Crippen LogP contribution in [-0.2, 0) is 6.18 Å². The van der Waals surface area contributed by atoms with Crippen molar-refractivity contribution in [3.05, 3.63) is 45.3 Å². The van der Waals surface area contributed by atoms with E-state index < -0.39 is 17.3 Å². The molecule has 2 heterocycles. The molecule has 1 aromatic carbocycles. The van der Waals surface area contributed by atoms with Crippen molar-refractivity contribution in [3.63, 3.8) is 0 Å². The molecule has 0 saturated heterocycles. The van der Waals surface area contributed by atoms with Crippen molar-refractivity contribution in [1.82, 2.24) is 4.98 Å². The van der Waals surface area contributed by atoms with E-state index in [4.69, 9.17) is 0 Å². The minimum absolute atomic E-state index is 0.00417. The summed E-state index contributed by atoms with van der Waals surface area (Å²) < 4.78 is 39.7. The Kier molecular flexibility index (Phi) is 3.15. The molecule has 0 amide bonds. The highest BCUT2D eigenvalue weighted by Gasteiger charge is 2.35. The number of anilines is 1. The van der Waals surface area contributed by atoms with Gasteiger partial charge < -0.3 is 10.3 Å². The van der Waals surface area contributed by atoms with Crippen LogP contribution in [0, 0.1) is 0 Å². The maximum Gasteiger partial charge on any atom is 0.417 e. The maximum absolute atomic E-state index is 13.2. The monoisotopic (exact) mass is 322 g/mol. The van der Waals surface area contributed by atoms with E-state index in [1.165, 1.54) is 6.07 Å². The molecule has 0 atom stereocenters. The minimum atomic E-state index is -4.57. The fourth-order valence-corrected chi connectivity index (χ4v) is 3.05. The summed E-state index contributed by atoms with van der Waals surface area (Å²) in [5.41, 5.74) is 1.68. The molecule has 3 rings (SSSR count). The molecule has 0 saturated carbocycles. The summed E-state index contributed by atoms with van der Waals surface area (Å²) in [5.74, 6) is 0. The van der Waals surface area contributed by atoms with Gasteiger partial charge in [-0.3, -0.25) is 4.79 Å². The van der Waals surface area contributed by atoms with Gasteiger partial charge in [-0.15, -0.1) is 0 Å². The standard InChI is InChI=1S/C17H17F3N2O/c1-8-9(2)16(3,4)22-14-7-13-11(5-10(8)14)12(17(18,19)20)6-15(23)21-13/h5-7,22H,1-4H3,(H,21,23). The summed E-state index contributed by atoms with van der Waals surface area (Å²) in [6, 6.07) is 3.70. The van der Waals surface area contributed by atoms with Crippen LogP contribution < -0.4 is 10.9 Å². The summed E-state index contributed by atoms with van der Waals surface area (Å²) in [4.78, 5) is 14.1. The van der Waals surface area contributed by atoms with Crippen molar-refractivity contribution in [2.75, 3.05) is 5.32 Å². The Morgan fingerprint density at radius 2 is 1.74 bits per heavy atom. The molecule has 0 unspecified atom stereocenters. The molecular formula is C17H17F3N2O. The number of benzene rings is 1. The Bertz CT molecular complexity index is 904. The number of halogens is 3. The highest BCUT2D eigenvalue weighted by Crippen LogP contribution is 2.42. The van der Waals surface area contributed by atoms with Crippen molar-refractivity contribution >= 4 is 22.2 Å². The van der Waals surface area contributed by atoms with Gasteiger partial charge in [0.25, 0.3) is 0 Å². The van der Waals surface area contributed by atoms with E-state index in [9.17, 15) is 18.0 Å². The topological polar surface area (TPSA) is 44.9 Å². The third-order valence-corrected chi connectivity index (χ3v) is 4.64. The van der Waals surface area contributed by atoms with Gasteiger partial charge in [0.2, 0.25) is 5.56 Å². The second kappa shape index (κ2) is 4.63. The summed E-state index contributed by atoms with van der Waals surface area (Å²) in [6.07, 6.45) is -4.57. The lowest BCUT2D eigenvalue weighted by atomic mass is 9.83. The molecule has 0 fully saturated rings. The van der Waals surface area contributed by atoms with E-state index in [0.29, 0.717) is 6.07 Å². The molecule has 0 spiro atoms. The number of rotatable bonds is 0. The van der Waals surface area contributed by atoms with Crippen LogP contribution in [0.2, 0.25) is 0 Å². The number of allylic oxidation sites excluding steroid dienone is 1. The molecular weight excluding hydrogens is 305 g/mol. The number of hydrogen-bond donors (Lipinski definition) is 2. The van der Waals surface area contributed by atoms with Crippen LogP contribution in [0.3, 0.4) is 0 Å². The van der Waals surface area contributed by atoms with E-state index in [0.717, 1.165) is 22.4 Å². The Morgan fingerprint density at radius 3 is 2.35 bits per heavy atom. The van der Waals surface area contributed by atoms with E-state index >= 15 is 0 Å². The van der Waals surface area contributed by atoms with Crippen LogP contribution in [0.25, 0.3) is 16.5 Å². The number of fused-ring (bicyclic) bond motifs is 2. The molecule has 6 heteroatoms. The molecule has 23 heavy (non-hydrogen) atoms. The SMILES string of the molecule is CC1=C(C)C(C)(C)Nc2cc3[nH]c(=O)cc(C(F)(F)F)c3cc21. The Labute approximate surface area is 131 Å². The average Bonchev–Trinajstić information content (AvgIpc) is 2.41. The summed E-state index contributed by atoms with van der Waals surface area (Å²) in [6.45, 7) is 7.89. The van der Waals surface area contributed by atoms with Crippen LogP contribution in [0.4, 0.5) is 18.9 Å². The highest BCUT2D eigenvalue weighted by molar-refractivity contribution is 5.94. The summed E-state index contributed by atoms with van der Waals surface area (Å²) in [5, 5.41) is 3.33. The van der Waals surface area contributed by atoms with Crippen molar-refractivity contribution < 1.29 is 13.2 Å². The molecule has 1 aliphatic heterocycles. The number of hydrogen-bond acceptors (Lipinski definition) is 2.